The minimum Gasteiger partial charge on any atom is -0.494 e. The summed E-state index contributed by atoms with van der Waals surface area (Å²) in [5.74, 6) is 0.713. The number of nitrogens with one attached hydrogen (secondary N) is 1. The molecule has 1 heterocycles. The molecule has 0 aliphatic carbocycles. The summed E-state index contributed by atoms with van der Waals surface area (Å²) in [5.41, 5.74) is 0. The van der Waals surface area contributed by atoms with Crippen LogP contribution in [0.25, 0.3) is 0 Å². The minimum atomic E-state index is -3.07. The van der Waals surface area contributed by atoms with Gasteiger partial charge in [0.25, 0.3) is 0 Å². The van der Waals surface area contributed by atoms with Crippen molar-refractivity contribution in [3.05, 3.63) is 30.3 Å². The molecule has 1 fully saturated rings. The van der Waals surface area contributed by atoms with Gasteiger partial charge in [-0.1, -0.05) is 18.2 Å². The first-order valence-electron chi connectivity index (χ1n) is 6.36. The zero-order valence-corrected chi connectivity index (χ0v) is 11.5. The molecule has 0 radical (unpaired) electrons. The summed E-state index contributed by atoms with van der Waals surface area (Å²) in [4.78, 5) is 0. The molecule has 1 saturated heterocycles. The lowest BCUT2D eigenvalue weighted by atomic mass is 10.2. The molecule has 2 N–H and O–H groups in total. The summed E-state index contributed by atoms with van der Waals surface area (Å²) in [6, 6.07) is 9.18. The van der Waals surface area contributed by atoms with Crippen LogP contribution in [0.15, 0.2) is 30.3 Å². The molecule has 0 aromatic heterocycles. The Hall–Kier alpha value is -1.11. The molecule has 0 saturated carbocycles. The van der Waals surface area contributed by atoms with E-state index in [1.807, 2.05) is 30.3 Å². The van der Waals surface area contributed by atoms with Crippen LogP contribution in [-0.2, 0) is 9.84 Å². The zero-order valence-electron chi connectivity index (χ0n) is 10.7. The number of rotatable bonds is 6. The van der Waals surface area contributed by atoms with E-state index in [-0.39, 0.29) is 17.5 Å². The average molecular weight is 285 g/mol. The van der Waals surface area contributed by atoms with E-state index in [2.05, 4.69) is 5.32 Å². The van der Waals surface area contributed by atoms with Crippen LogP contribution in [0, 0.1) is 0 Å². The first-order valence-corrected chi connectivity index (χ1v) is 8.19. The van der Waals surface area contributed by atoms with Gasteiger partial charge in [-0.2, -0.15) is 0 Å². The fraction of sp³-hybridized carbons (Fsp3) is 0.538. The van der Waals surface area contributed by atoms with E-state index < -0.39 is 15.9 Å². The Labute approximate surface area is 113 Å². The van der Waals surface area contributed by atoms with Crippen LogP contribution >= 0.6 is 0 Å². The fourth-order valence-corrected chi connectivity index (χ4v) is 3.87. The quantitative estimate of drug-likeness (QED) is 0.731. The maximum absolute atomic E-state index is 11.3. The van der Waals surface area contributed by atoms with Gasteiger partial charge in [0.1, 0.15) is 5.75 Å². The summed E-state index contributed by atoms with van der Waals surface area (Å²) in [6.45, 7) is 1.19. The largest absolute Gasteiger partial charge is 0.494 e. The first kappa shape index (κ1) is 14.3. The number of benzene rings is 1. The maximum Gasteiger partial charge on any atom is 0.154 e. The average Bonchev–Trinajstić information content (AvgIpc) is 2.63. The third-order valence-corrected chi connectivity index (χ3v) is 4.78. The molecule has 106 valence electrons. The van der Waals surface area contributed by atoms with Gasteiger partial charge in [-0.05, 0) is 25.1 Å². The van der Waals surface area contributed by atoms with E-state index in [0.29, 0.717) is 13.2 Å². The van der Waals surface area contributed by atoms with Crippen molar-refractivity contribution in [2.75, 3.05) is 24.7 Å². The number of para-hydroxylation sites is 1. The Kier molecular flexibility index (Phi) is 4.79. The monoisotopic (exact) mass is 285 g/mol. The highest BCUT2D eigenvalue weighted by molar-refractivity contribution is 7.91. The van der Waals surface area contributed by atoms with E-state index in [0.717, 1.165) is 12.2 Å². The number of ether oxygens (including phenoxy) is 1. The van der Waals surface area contributed by atoms with Gasteiger partial charge in [-0.15, -0.1) is 0 Å². The Morgan fingerprint density at radius 2 is 2.00 bits per heavy atom. The summed E-state index contributed by atoms with van der Waals surface area (Å²) < 4.78 is 28.1. The van der Waals surface area contributed by atoms with Crippen molar-refractivity contribution in [2.24, 2.45) is 0 Å². The van der Waals surface area contributed by atoms with Gasteiger partial charge in [0.15, 0.2) is 9.84 Å². The molecule has 0 amide bonds. The summed E-state index contributed by atoms with van der Waals surface area (Å²) >= 11 is 0. The van der Waals surface area contributed by atoms with Crippen molar-refractivity contribution in [1.29, 1.82) is 0 Å². The van der Waals surface area contributed by atoms with Crippen LogP contribution in [0.3, 0.4) is 0 Å². The summed E-state index contributed by atoms with van der Waals surface area (Å²) in [6.07, 6.45) is -0.0296. The number of hydrogen-bond donors (Lipinski definition) is 2. The number of hydrogen-bond acceptors (Lipinski definition) is 5. The lowest BCUT2D eigenvalue weighted by Crippen LogP contribution is -2.39. The Balaban J connectivity index is 1.63. The van der Waals surface area contributed by atoms with Crippen molar-refractivity contribution < 1.29 is 18.3 Å². The lowest BCUT2D eigenvalue weighted by molar-refractivity contribution is 0.164. The Morgan fingerprint density at radius 1 is 1.26 bits per heavy atom. The molecule has 2 atom stereocenters. The van der Waals surface area contributed by atoms with E-state index in [1.165, 1.54) is 0 Å². The second-order valence-electron chi connectivity index (χ2n) is 4.72. The molecule has 2 rings (SSSR count). The predicted molar refractivity (Wildman–Crippen MR) is 73.0 cm³/mol. The fourth-order valence-electron chi connectivity index (χ4n) is 2.09. The molecule has 0 spiro atoms. The molecule has 2 unspecified atom stereocenters. The highest BCUT2D eigenvalue weighted by atomic mass is 32.2. The van der Waals surface area contributed by atoms with Crippen LogP contribution in [0.1, 0.15) is 6.42 Å². The molecule has 19 heavy (non-hydrogen) atoms. The molecule has 0 bridgehead atoms. The first-order chi connectivity index (χ1) is 9.07. The summed E-state index contributed by atoms with van der Waals surface area (Å²) in [7, 11) is -3.07. The van der Waals surface area contributed by atoms with Gasteiger partial charge in [0.2, 0.25) is 0 Å². The van der Waals surface area contributed by atoms with Crippen molar-refractivity contribution in [3.8, 4) is 5.75 Å². The van der Waals surface area contributed by atoms with Crippen molar-refractivity contribution in [1.82, 2.24) is 5.32 Å². The van der Waals surface area contributed by atoms with Crippen LogP contribution in [0.4, 0.5) is 0 Å². The second-order valence-corrected chi connectivity index (χ2v) is 6.87. The van der Waals surface area contributed by atoms with E-state index in [4.69, 9.17) is 4.74 Å². The van der Waals surface area contributed by atoms with Crippen LogP contribution in [0.5, 0.6) is 5.75 Å². The second kappa shape index (κ2) is 6.36. The highest BCUT2D eigenvalue weighted by Gasteiger charge is 2.35. The van der Waals surface area contributed by atoms with Crippen molar-refractivity contribution >= 4 is 9.84 Å². The molecule has 1 aliphatic heterocycles. The third-order valence-electron chi connectivity index (χ3n) is 3.06. The van der Waals surface area contributed by atoms with Crippen molar-refractivity contribution in [3.63, 3.8) is 0 Å². The highest BCUT2D eigenvalue weighted by Crippen LogP contribution is 2.12. The molecule has 1 aliphatic rings. The van der Waals surface area contributed by atoms with E-state index in [9.17, 15) is 13.5 Å². The van der Waals surface area contributed by atoms with Gasteiger partial charge >= 0.3 is 0 Å². The predicted octanol–water partition coefficient (Wildman–Crippen LogP) is 0.203. The minimum absolute atomic E-state index is 0.0215. The molecule has 5 nitrogen and oxygen atoms in total. The molecule has 1 aromatic carbocycles. The standard InChI is InChI=1S/C13H19NO4S/c15-13-10-19(16,17)9-12(13)14-7-4-8-18-11-5-2-1-3-6-11/h1-3,5-6,12-15H,4,7-10H2. The van der Waals surface area contributed by atoms with Gasteiger partial charge in [0.05, 0.1) is 24.2 Å². The number of sulfone groups is 1. The molecule has 6 heteroatoms. The topological polar surface area (TPSA) is 75.6 Å². The molecular formula is C13H19NO4S. The van der Waals surface area contributed by atoms with Gasteiger partial charge in [0, 0.05) is 6.04 Å². The number of aliphatic hydroxyl groups is 1. The third kappa shape index (κ3) is 4.49. The molecular weight excluding hydrogens is 266 g/mol. The van der Waals surface area contributed by atoms with Crippen LogP contribution in [0.2, 0.25) is 0 Å². The number of aliphatic hydroxyl groups excluding tert-OH is 1. The Morgan fingerprint density at radius 3 is 2.63 bits per heavy atom. The van der Waals surface area contributed by atoms with Crippen LogP contribution in [-0.4, -0.2) is 50.3 Å². The van der Waals surface area contributed by atoms with Crippen LogP contribution < -0.4 is 10.1 Å². The summed E-state index contributed by atoms with van der Waals surface area (Å²) in [5, 5.41) is 12.7. The van der Waals surface area contributed by atoms with Gasteiger partial charge < -0.3 is 15.2 Å². The van der Waals surface area contributed by atoms with E-state index in [1.54, 1.807) is 0 Å². The SMILES string of the molecule is O=S1(=O)CC(O)C(NCCCOc2ccccc2)C1. The van der Waals surface area contributed by atoms with Crippen molar-refractivity contribution in [2.45, 2.75) is 18.6 Å². The lowest BCUT2D eigenvalue weighted by Gasteiger charge is -2.14. The van der Waals surface area contributed by atoms with Gasteiger partial charge in [-0.25, -0.2) is 8.42 Å². The maximum atomic E-state index is 11.3. The van der Waals surface area contributed by atoms with Gasteiger partial charge in [-0.3, -0.25) is 0 Å². The van der Waals surface area contributed by atoms with E-state index >= 15 is 0 Å². The Bertz CT molecular complexity index is 489. The molecule has 1 aromatic rings. The zero-order chi connectivity index (χ0) is 13.7. The normalized spacial score (nSPS) is 25.3. The smallest absolute Gasteiger partial charge is 0.154 e.